The van der Waals surface area contributed by atoms with E-state index in [1.807, 2.05) is 18.2 Å². The zero-order valence-electron chi connectivity index (χ0n) is 16.3. The van der Waals surface area contributed by atoms with E-state index in [4.69, 9.17) is 25.8 Å². The van der Waals surface area contributed by atoms with Crippen molar-refractivity contribution in [2.75, 3.05) is 47.5 Å². The van der Waals surface area contributed by atoms with Crippen molar-refractivity contribution in [3.8, 4) is 17.2 Å². The van der Waals surface area contributed by atoms with E-state index >= 15 is 0 Å². The first-order chi connectivity index (χ1) is 13.2. The summed E-state index contributed by atoms with van der Waals surface area (Å²) < 4.78 is 16.5. The number of halogens is 1. The summed E-state index contributed by atoms with van der Waals surface area (Å²) in [7, 11) is 4.97. The van der Waals surface area contributed by atoms with Gasteiger partial charge >= 0.3 is 0 Å². The molecule has 2 aromatic carbocycles. The third-order valence-corrected chi connectivity index (χ3v) is 5.66. The van der Waals surface area contributed by atoms with Crippen molar-refractivity contribution in [1.82, 2.24) is 0 Å². The number of nitrogens with one attached hydrogen (secondary N) is 2. The van der Waals surface area contributed by atoms with E-state index in [1.54, 1.807) is 31.1 Å². The molecule has 0 saturated carbocycles. The van der Waals surface area contributed by atoms with E-state index < -0.39 is 0 Å². The molecule has 5 nitrogen and oxygen atoms in total. The van der Waals surface area contributed by atoms with Gasteiger partial charge in [0.1, 0.15) is 39.3 Å². The second-order valence-corrected chi connectivity index (χ2v) is 7.35. The Balaban J connectivity index is 1.62. The molecule has 1 fully saturated rings. The Morgan fingerprint density at radius 2 is 1.33 bits per heavy atom. The van der Waals surface area contributed by atoms with Gasteiger partial charge in [0.2, 0.25) is 5.75 Å². The molecule has 0 amide bonds. The van der Waals surface area contributed by atoms with Gasteiger partial charge in [0, 0.05) is 10.6 Å². The normalized spacial score (nSPS) is 19.6. The molecular weight excluding hydrogens is 364 g/mol. The number of piperazine rings is 1. The topological polar surface area (TPSA) is 36.6 Å². The minimum absolute atomic E-state index is 0.667. The second-order valence-electron chi connectivity index (χ2n) is 6.94. The first-order valence-electron chi connectivity index (χ1n) is 9.34. The summed E-state index contributed by atoms with van der Waals surface area (Å²) in [5.74, 6) is 2.14. The summed E-state index contributed by atoms with van der Waals surface area (Å²) in [6, 6.07) is 12.2. The van der Waals surface area contributed by atoms with Crippen LogP contribution < -0.4 is 24.0 Å². The zero-order valence-corrected chi connectivity index (χ0v) is 17.1. The maximum atomic E-state index is 6.31. The van der Waals surface area contributed by atoms with Gasteiger partial charge in [-0.2, -0.15) is 0 Å². The van der Waals surface area contributed by atoms with Crippen LogP contribution in [-0.2, 0) is 13.1 Å². The molecule has 2 aromatic rings. The van der Waals surface area contributed by atoms with Crippen LogP contribution in [0.25, 0.3) is 0 Å². The molecule has 3 rings (SSSR count). The van der Waals surface area contributed by atoms with Crippen molar-refractivity contribution in [2.24, 2.45) is 0 Å². The van der Waals surface area contributed by atoms with Gasteiger partial charge in [-0.1, -0.05) is 29.8 Å². The Kier molecular flexibility index (Phi) is 6.83. The molecule has 0 unspecified atom stereocenters. The van der Waals surface area contributed by atoms with Crippen LogP contribution in [0.1, 0.15) is 11.1 Å². The molecule has 0 aliphatic carbocycles. The minimum atomic E-state index is 0.667. The van der Waals surface area contributed by atoms with Crippen LogP contribution in [0.15, 0.2) is 36.4 Å². The molecule has 146 valence electrons. The van der Waals surface area contributed by atoms with Gasteiger partial charge in [-0.3, -0.25) is 0 Å². The highest BCUT2D eigenvalue weighted by Gasteiger charge is 2.26. The van der Waals surface area contributed by atoms with Gasteiger partial charge in [-0.25, -0.2) is 0 Å². The van der Waals surface area contributed by atoms with Crippen LogP contribution in [0.5, 0.6) is 17.2 Å². The lowest BCUT2D eigenvalue weighted by molar-refractivity contribution is -1.02. The highest BCUT2D eigenvalue weighted by atomic mass is 35.5. The molecule has 6 heteroatoms. The Morgan fingerprint density at radius 1 is 0.741 bits per heavy atom. The summed E-state index contributed by atoms with van der Waals surface area (Å²) in [6.07, 6.45) is 0. The van der Waals surface area contributed by atoms with E-state index in [-0.39, 0.29) is 0 Å². The monoisotopic (exact) mass is 392 g/mol. The van der Waals surface area contributed by atoms with E-state index in [0.717, 1.165) is 55.6 Å². The van der Waals surface area contributed by atoms with Gasteiger partial charge in [0.15, 0.2) is 11.5 Å². The van der Waals surface area contributed by atoms with E-state index in [1.165, 1.54) is 5.56 Å². The summed E-state index contributed by atoms with van der Waals surface area (Å²) >= 11 is 6.31. The number of hydrogen-bond donors (Lipinski definition) is 2. The van der Waals surface area contributed by atoms with Crippen LogP contribution in [0.4, 0.5) is 0 Å². The Morgan fingerprint density at radius 3 is 1.89 bits per heavy atom. The predicted octanol–water partition coefficient (Wildman–Crippen LogP) is 0.849. The lowest BCUT2D eigenvalue weighted by atomic mass is 10.1. The van der Waals surface area contributed by atoms with E-state index in [2.05, 4.69) is 18.2 Å². The fraction of sp³-hybridized carbons (Fsp3) is 0.429. The largest absolute Gasteiger partial charge is 0.493 e. The smallest absolute Gasteiger partial charge is 0.203 e. The Labute approximate surface area is 166 Å². The number of benzene rings is 2. The molecule has 0 spiro atoms. The first kappa shape index (κ1) is 19.8. The minimum Gasteiger partial charge on any atom is -0.493 e. The average molecular weight is 393 g/mol. The fourth-order valence-corrected chi connectivity index (χ4v) is 4.00. The second kappa shape index (κ2) is 9.31. The quantitative estimate of drug-likeness (QED) is 0.733. The van der Waals surface area contributed by atoms with E-state index in [0.29, 0.717) is 11.5 Å². The molecular formula is C21H29ClN2O3+2. The molecule has 1 aliphatic heterocycles. The lowest BCUT2D eigenvalue weighted by Crippen LogP contribution is -3.27. The van der Waals surface area contributed by atoms with Crippen molar-refractivity contribution in [1.29, 1.82) is 0 Å². The standard InChI is InChI=1S/C21H27ClN2O3/c1-25-19-9-8-17(20(26-2)21(19)27-3)15-24-12-10-23(11-13-24)14-16-6-4-5-7-18(16)22/h4-9H,10-15H2,1-3H3/p+2. The maximum absolute atomic E-state index is 6.31. The molecule has 1 aliphatic rings. The van der Waals surface area contributed by atoms with Crippen LogP contribution in [0.3, 0.4) is 0 Å². The van der Waals surface area contributed by atoms with Crippen LogP contribution in [0, 0.1) is 0 Å². The average Bonchev–Trinajstić information content (AvgIpc) is 2.70. The third-order valence-electron chi connectivity index (χ3n) is 5.29. The van der Waals surface area contributed by atoms with Crippen molar-refractivity contribution >= 4 is 11.6 Å². The summed E-state index contributed by atoms with van der Waals surface area (Å²) in [5, 5.41) is 0.870. The van der Waals surface area contributed by atoms with Gasteiger partial charge in [-0.15, -0.1) is 0 Å². The summed E-state index contributed by atoms with van der Waals surface area (Å²) in [6.45, 7) is 6.43. The van der Waals surface area contributed by atoms with Gasteiger partial charge in [0.05, 0.1) is 26.9 Å². The van der Waals surface area contributed by atoms with Crippen LogP contribution in [-0.4, -0.2) is 47.5 Å². The third kappa shape index (κ3) is 4.67. The predicted molar refractivity (Wildman–Crippen MR) is 106 cm³/mol. The van der Waals surface area contributed by atoms with Gasteiger partial charge in [0.25, 0.3) is 0 Å². The van der Waals surface area contributed by atoms with Crippen LogP contribution >= 0.6 is 11.6 Å². The van der Waals surface area contributed by atoms with Crippen molar-refractivity contribution < 1.29 is 24.0 Å². The zero-order chi connectivity index (χ0) is 19.2. The molecule has 0 atom stereocenters. The first-order valence-corrected chi connectivity index (χ1v) is 9.72. The molecule has 2 N–H and O–H groups in total. The Hall–Kier alpha value is -1.95. The summed E-state index contributed by atoms with van der Waals surface area (Å²) in [5.41, 5.74) is 2.39. The van der Waals surface area contributed by atoms with Gasteiger partial charge < -0.3 is 24.0 Å². The van der Waals surface area contributed by atoms with Crippen LogP contribution in [0.2, 0.25) is 5.02 Å². The number of rotatable bonds is 7. The maximum Gasteiger partial charge on any atom is 0.203 e. The van der Waals surface area contributed by atoms with Crippen molar-refractivity contribution in [3.63, 3.8) is 0 Å². The molecule has 0 bridgehead atoms. The number of quaternary nitrogens is 2. The fourth-order valence-electron chi connectivity index (χ4n) is 3.79. The number of methoxy groups -OCH3 is 3. The molecule has 27 heavy (non-hydrogen) atoms. The molecule has 0 radical (unpaired) electrons. The number of ether oxygens (including phenoxy) is 3. The molecule has 0 aromatic heterocycles. The van der Waals surface area contributed by atoms with Crippen molar-refractivity contribution in [3.05, 3.63) is 52.5 Å². The van der Waals surface area contributed by atoms with E-state index in [9.17, 15) is 0 Å². The van der Waals surface area contributed by atoms with Gasteiger partial charge in [-0.05, 0) is 18.2 Å². The lowest BCUT2D eigenvalue weighted by Gasteiger charge is -2.30. The highest BCUT2D eigenvalue weighted by Crippen LogP contribution is 2.39. The molecule has 1 heterocycles. The highest BCUT2D eigenvalue weighted by molar-refractivity contribution is 6.31. The van der Waals surface area contributed by atoms with Crippen molar-refractivity contribution in [2.45, 2.75) is 13.1 Å². The molecule has 1 saturated heterocycles. The number of hydrogen-bond acceptors (Lipinski definition) is 3. The summed E-state index contributed by atoms with van der Waals surface area (Å²) in [4.78, 5) is 3.15. The Bertz CT molecular complexity index is 761. The SMILES string of the molecule is COc1ccc(C[NH+]2CC[NH+](Cc3ccccc3Cl)CC2)c(OC)c1OC.